The summed E-state index contributed by atoms with van der Waals surface area (Å²) >= 11 is 1.32. The summed E-state index contributed by atoms with van der Waals surface area (Å²) < 4.78 is 5.36. The van der Waals surface area contributed by atoms with Crippen LogP contribution in [0.15, 0.2) is 35.8 Å². The Kier molecular flexibility index (Phi) is 5.29. The van der Waals surface area contributed by atoms with Gasteiger partial charge in [-0.25, -0.2) is 4.98 Å². The molecule has 2 rings (SSSR count). The van der Waals surface area contributed by atoms with Gasteiger partial charge < -0.3 is 10.1 Å². The van der Waals surface area contributed by atoms with Crippen LogP contribution in [0, 0.1) is 17.2 Å². The van der Waals surface area contributed by atoms with Gasteiger partial charge in [-0.05, 0) is 31.0 Å². The molecule has 0 spiro atoms. The van der Waals surface area contributed by atoms with Crippen LogP contribution in [0.5, 0.6) is 5.75 Å². The summed E-state index contributed by atoms with van der Waals surface area (Å²) in [6.45, 7) is 2.53. The van der Waals surface area contributed by atoms with Gasteiger partial charge in [-0.2, -0.15) is 5.26 Å². The first-order valence-electron chi connectivity index (χ1n) is 6.54. The monoisotopic (exact) mass is 301 g/mol. The average Bonchev–Trinajstić information content (AvgIpc) is 2.99. The van der Waals surface area contributed by atoms with E-state index in [1.807, 2.05) is 37.3 Å². The number of amides is 1. The topological polar surface area (TPSA) is 75.0 Å². The van der Waals surface area contributed by atoms with E-state index in [1.54, 1.807) is 11.6 Å². The van der Waals surface area contributed by atoms with Gasteiger partial charge in [0.15, 0.2) is 5.13 Å². The zero-order valence-corrected chi connectivity index (χ0v) is 12.4. The van der Waals surface area contributed by atoms with Crippen molar-refractivity contribution in [2.45, 2.75) is 13.3 Å². The van der Waals surface area contributed by atoms with Crippen LogP contribution in [0.25, 0.3) is 0 Å². The van der Waals surface area contributed by atoms with Gasteiger partial charge in [0.25, 0.3) is 0 Å². The smallest absolute Gasteiger partial charge is 0.243 e. The number of ether oxygens (including phenoxy) is 1. The van der Waals surface area contributed by atoms with E-state index in [1.165, 1.54) is 11.3 Å². The van der Waals surface area contributed by atoms with Crippen molar-refractivity contribution >= 4 is 22.4 Å². The minimum Gasteiger partial charge on any atom is -0.494 e. The van der Waals surface area contributed by atoms with Crippen LogP contribution in [0.2, 0.25) is 0 Å². The van der Waals surface area contributed by atoms with Gasteiger partial charge in [-0.3, -0.25) is 4.79 Å². The molecule has 1 atom stereocenters. The molecule has 0 aliphatic heterocycles. The Bertz CT molecular complexity index is 617. The second-order valence-electron chi connectivity index (χ2n) is 4.29. The van der Waals surface area contributed by atoms with Gasteiger partial charge in [0, 0.05) is 11.6 Å². The molecule has 6 heteroatoms. The van der Waals surface area contributed by atoms with Crippen molar-refractivity contribution in [1.82, 2.24) is 4.98 Å². The number of carbonyl (C=O) groups excluding carboxylic acids is 1. The largest absolute Gasteiger partial charge is 0.494 e. The maximum absolute atomic E-state index is 12.0. The van der Waals surface area contributed by atoms with Crippen molar-refractivity contribution < 1.29 is 9.53 Å². The zero-order chi connectivity index (χ0) is 15.1. The third-order valence-corrected chi connectivity index (χ3v) is 3.50. The van der Waals surface area contributed by atoms with Crippen molar-refractivity contribution in [3.05, 3.63) is 41.4 Å². The first-order valence-corrected chi connectivity index (χ1v) is 7.42. The summed E-state index contributed by atoms with van der Waals surface area (Å²) in [7, 11) is 0. The van der Waals surface area contributed by atoms with Crippen molar-refractivity contribution in [2.24, 2.45) is 5.92 Å². The lowest BCUT2D eigenvalue weighted by Crippen LogP contribution is -2.23. The van der Waals surface area contributed by atoms with Crippen LogP contribution in [0.1, 0.15) is 12.5 Å². The molecule has 5 nitrogen and oxygen atoms in total. The molecule has 0 aliphatic carbocycles. The van der Waals surface area contributed by atoms with E-state index in [4.69, 9.17) is 4.74 Å². The van der Waals surface area contributed by atoms with E-state index in [2.05, 4.69) is 10.3 Å². The Labute approximate surface area is 127 Å². The molecule has 0 fully saturated rings. The van der Waals surface area contributed by atoms with Gasteiger partial charge >= 0.3 is 0 Å². The van der Waals surface area contributed by atoms with E-state index in [9.17, 15) is 10.1 Å². The molecule has 1 unspecified atom stereocenters. The second kappa shape index (κ2) is 7.41. The SMILES string of the molecule is CCOc1ccc(CC(C#N)C(=O)Nc2nccs2)cc1. The number of hydrogen-bond acceptors (Lipinski definition) is 5. The molecule has 1 heterocycles. The number of nitrogens with one attached hydrogen (secondary N) is 1. The molecule has 1 aromatic carbocycles. The third kappa shape index (κ3) is 4.29. The molecule has 0 aliphatic rings. The van der Waals surface area contributed by atoms with E-state index < -0.39 is 5.92 Å². The van der Waals surface area contributed by atoms with Crippen LogP contribution < -0.4 is 10.1 Å². The number of carbonyl (C=O) groups is 1. The van der Waals surface area contributed by atoms with Crippen LogP contribution in [-0.2, 0) is 11.2 Å². The number of rotatable bonds is 6. The number of nitriles is 1. The van der Waals surface area contributed by atoms with E-state index in [0.29, 0.717) is 18.2 Å². The van der Waals surface area contributed by atoms with Gasteiger partial charge in [-0.15, -0.1) is 11.3 Å². The highest BCUT2D eigenvalue weighted by molar-refractivity contribution is 7.13. The summed E-state index contributed by atoms with van der Waals surface area (Å²) in [4.78, 5) is 16.0. The lowest BCUT2D eigenvalue weighted by Gasteiger charge is -2.09. The Morgan fingerprint density at radius 3 is 2.81 bits per heavy atom. The Morgan fingerprint density at radius 2 is 2.24 bits per heavy atom. The number of benzene rings is 1. The number of thiazole rings is 1. The summed E-state index contributed by atoms with van der Waals surface area (Å²) in [5.41, 5.74) is 0.916. The molecule has 0 bridgehead atoms. The molecule has 0 saturated heterocycles. The maximum atomic E-state index is 12.0. The van der Waals surface area contributed by atoms with Crippen LogP contribution >= 0.6 is 11.3 Å². The first kappa shape index (κ1) is 15.0. The highest BCUT2D eigenvalue weighted by atomic mass is 32.1. The normalized spacial score (nSPS) is 11.4. The number of anilines is 1. The van der Waals surface area contributed by atoms with E-state index >= 15 is 0 Å². The highest BCUT2D eigenvalue weighted by Crippen LogP contribution is 2.17. The lowest BCUT2D eigenvalue weighted by molar-refractivity contribution is -0.118. The van der Waals surface area contributed by atoms with Crippen LogP contribution in [0.3, 0.4) is 0 Å². The molecule has 0 saturated carbocycles. The maximum Gasteiger partial charge on any atom is 0.243 e. The minimum absolute atomic E-state index is 0.332. The number of aromatic nitrogens is 1. The molecule has 0 radical (unpaired) electrons. The summed E-state index contributed by atoms with van der Waals surface area (Å²) in [6, 6.07) is 9.45. The fourth-order valence-corrected chi connectivity index (χ4v) is 2.33. The molecule has 1 N–H and O–H groups in total. The molecule has 21 heavy (non-hydrogen) atoms. The fourth-order valence-electron chi connectivity index (χ4n) is 1.80. The van der Waals surface area contributed by atoms with Crippen molar-refractivity contribution in [2.75, 3.05) is 11.9 Å². The predicted octanol–water partition coefficient (Wildman–Crippen LogP) is 2.86. The summed E-state index contributed by atoms with van der Waals surface area (Å²) in [5.74, 6) is -0.296. The standard InChI is InChI=1S/C15H15N3O2S/c1-2-20-13-5-3-11(4-6-13)9-12(10-16)14(19)18-15-17-7-8-21-15/h3-8,12H,2,9H2,1H3,(H,17,18,19). The molecule has 1 aromatic heterocycles. The quantitative estimate of drug-likeness (QED) is 0.890. The predicted molar refractivity (Wildman–Crippen MR) is 81.2 cm³/mol. The minimum atomic E-state index is -0.744. The van der Waals surface area contributed by atoms with Crippen molar-refractivity contribution in [3.8, 4) is 11.8 Å². The number of hydrogen-bond donors (Lipinski definition) is 1. The Balaban J connectivity index is 1.98. The first-order chi connectivity index (χ1) is 10.2. The van der Waals surface area contributed by atoms with Gasteiger partial charge in [0.05, 0.1) is 12.7 Å². The second-order valence-corrected chi connectivity index (χ2v) is 5.18. The van der Waals surface area contributed by atoms with Crippen molar-refractivity contribution in [1.29, 1.82) is 5.26 Å². The average molecular weight is 301 g/mol. The third-order valence-electron chi connectivity index (χ3n) is 2.81. The van der Waals surface area contributed by atoms with Gasteiger partial charge in [-0.1, -0.05) is 12.1 Å². The van der Waals surface area contributed by atoms with Gasteiger partial charge in [0.2, 0.25) is 5.91 Å². The summed E-state index contributed by atoms with van der Waals surface area (Å²) in [5, 5.41) is 14.1. The van der Waals surface area contributed by atoms with E-state index in [-0.39, 0.29) is 5.91 Å². The van der Waals surface area contributed by atoms with Gasteiger partial charge in [0.1, 0.15) is 11.7 Å². The molecular weight excluding hydrogens is 286 g/mol. The molecule has 108 valence electrons. The molecular formula is C15H15N3O2S. The lowest BCUT2D eigenvalue weighted by atomic mass is 10.00. The Hall–Kier alpha value is -2.39. The fraction of sp³-hybridized carbons (Fsp3) is 0.267. The molecule has 1 amide bonds. The summed E-state index contributed by atoms with van der Waals surface area (Å²) in [6.07, 6.45) is 1.97. The highest BCUT2D eigenvalue weighted by Gasteiger charge is 2.19. The van der Waals surface area contributed by atoms with Crippen LogP contribution in [0.4, 0.5) is 5.13 Å². The zero-order valence-electron chi connectivity index (χ0n) is 11.6. The van der Waals surface area contributed by atoms with Crippen LogP contribution in [-0.4, -0.2) is 17.5 Å². The Morgan fingerprint density at radius 1 is 1.48 bits per heavy atom. The molecule has 2 aromatic rings. The number of nitrogens with zero attached hydrogens (tertiary/aromatic N) is 2. The van der Waals surface area contributed by atoms with Crippen molar-refractivity contribution in [3.63, 3.8) is 0 Å². The van der Waals surface area contributed by atoms with E-state index in [0.717, 1.165) is 11.3 Å².